The molecular formula is C11H21N. The first-order chi connectivity index (χ1) is 5.30. The number of rotatable bonds is 2. The molecule has 1 N–H and O–H groups in total. The summed E-state index contributed by atoms with van der Waals surface area (Å²) in [5, 5.41) is 3.61. The zero-order chi connectivity index (χ0) is 9.20. The maximum Gasteiger partial charge on any atom is 0.00967 e. The highest BCUT2D eigenvalue weighted by atomic mass is 15.0. The molecule has 0 aromatic carbocycles. The Bertz CT molecular complexity index is 216. The summed E-state index contributed by atoms with van der Waals surface area (Å²) in [5.74, 6) is 1.04. The molecule has 0 bridgehead atoms. The van der Waals surface area contributed by atoms with Gasteiger partial charge in [-0.1, -0.05) is 13.8 Å². The van der Waals surface area contributed by atoms with Crippen LogP contribution in [0.25, 0.3) is 0 Å². The van der Waals surface area contributed by atoms with Crippen LogP contribution in [0.4, 0.5) is 0 Å². The summed E-state index contributed by atoms with van der Waals surface area (Å²) >= 11 is 0. The van der Waals surface area contributed by atoms with Gasteiger partial charge in [0.05, 0.1) is 0 Å². The molecule has 0 aliphatic heterocycles. The molecule has 0 heterocycles. The second-order valence-electron chi connectivity index (χ2n) is 6.20. The largest absolute Gasteiger partial charge is 0.311 e. The molecule has 0 saturated heterocycles. The summed E-state index contributed by atoms with van der Waals surface area (Å²) < 4.78 is 0. The first kappa shape index (κ1) is 8.55. The van der Waals surface area contributed by atoms with Crippen LogP contribution < -0.4 is 5.32 Å². The van der Waals surface area contributed by atoms with Crippen LogP contribution in [0.2, 0.25) is 0 Å². The van der Waals surface area contributed by atoms with Gasteiger partial charge in [0, 0.05) is 12.1 Å². The highest BCUT2D eigenvalue weighted by Crippen LogP contribution is 2.87. The molecule has 1 heteroatoms. The lowest BCUT2D eigenvalue weighted by atomic mass is 9.90. The van der Waals surface area contributed by atoms with Crippen molar-refractivity contribution < 1.29 is 0 Å². The Morgan fingerprint density at radius 1 is 1.33 bits per heavy atom. The van der Waals surface area contributed by atoms with Crippen molar-refractivity contribution in [2.45, 2.75) is 46.6 Å². The molecule has 2 aliphatic carbocycles. The summed E-state index contributed by atoms with van der Waals surface area (Å²) in [6.45, 7) is 12.8. The number of hydrogen-bond acceptors (Lipinski definition) is 1. The maximum atomic E-state index is 3.61. The zero-order valence-electron chi connectivity index (χ0n) is 8.99. The van der Waals surface area contributed by atoms with Crippen LogP contribution in [0, 0.1) is 16.7 Å². The van der Waals surface area contributed by atoms with E-state index in [1.807, 2.05) is 0 Å². The van der Waals surface area contributed by atoms with Crippen LogP contribution in [-0.2, 0) is 0 Å². The van der Waals surface area contributed by atoms with Crippen molar-refractivity contribution >= 4 is 0 Å². The van der Waals surface area contributed by atoms with Gasteiger partial charge in [-0.05, 0) is 43.9 Å². The molecule has 0 aromatic heterocycles. The summed E-state index contributed by atoms with van der Waals surface area (Å²) in [6, 6.07) is 0. The first-order valence-electron chi connectivity index (χ1n) is 5.05. The van der Waals surface area contributed by atoms with Gasteiger partial charge in [-0.15, -0.1) is 0 Å². The molecule has 3 unspecified atom stereocenters. The van der Waals surface area contributed by atoms with Gasteiger partial charge in [0.25, 0.3) is 0 Å². The van der Waals surface area contributed by atoms with Gasteiger partial charge < -0.3 is 5.32 Å². The van der Waals surface area contributed by atoms with Gasteiger partial charge in [0.1, 0.15) is 0 Å². The van der Waals surface area contributed by atoms with E-state index >= 15 is 0 Å². The summed E-state index contributed by atoms with van der Waals surface area (Å²) in [6.07, 6.45) is 1.48. The lowest BCUT2D eigenvalue weighted by Crippen LogP contribution is -2.41. The molecule has 2 rings (SSSR count). The predicted octanol–water partition coefficient (Wildman–Crippen LogP) is 2.42. The van der Waals surface area contributed by atoms with E-state index < -0.39 is 0 Å². The molecule has 0 radical (unpaired) electrons. The Morgan fingerprint density at radius 2 is 1.83 bits per heavy atom. The predicted molar refractivity (Wildman–Crippen MR) is 52.1 cm³/mol. The number of nitrogens with one attached hydrogen (secondary N) is 1. The number of hydrogen-bond donors (Lipinski definition) is 1. The van der Waals surface area contributed by atoms with Crippen molar-refractivity contribution in [3.63, 3.8) is 0 Å². The van der Waals surface area contributed by atoms with Crippen molar-refractivity contribution in [1.29, 1.82) is 0 Å². The van der Waals surface area contributed by atoms with Gasteiger partial charge >= 0.3 is 0 Å². The molecule has 2 fully saturated rings. The molecule has 70 valence electrons. The highest BCUT2D eigenvalue weighted by molar-refractivity contribution is 5.31. The molecule has 3 atom stereocenters. The van der Waals surface area contributed by atoms with Gasteiger partial charge in [-0.2, -0.15) is 0 Å². The molecule has 1 nitrogen and oxygen atoms in total. The Morgan fingerprint density at radius 3 is 2.08 bits per heavy atom. The van der Waals surface area contributed by atoms with Crippen LogP contribution in [0.15, 0.2) is 0 Å². The van der Waals surface area contributed by atoms with Crippen LogP contribution in [0.5, 0.6) is 0 Å². The SMILES string of the molecule is CC(C)(C)NCC1(C)C2CC21C. The highest BCUT2D eigenvalue weighted by Gasteiger charge is 2.82. The smallest absolute Gasteiger partial charge is 0.00967 e. The van der Waals surface area contributed by atoms with Gasteiger partial charge in [-0.3, -0.25) is 0 Å². The molecule has 0 aromatic rings. The Labute approximate surface area is 75.9 Å². The van der Waals surface area contributed by atoms with E-state index in [1.54, 1.807) is 0 Å². The minimum atomic E-state index is 0.286. The minimum Gasteiger partial charge on any atom is -0.311 e. The van der Waals surface area contributed by atoms with Crippen LogP contribution in [-0.4, -0.2) is 12.1 Å². The van der Waals surface area contributed by atoms with Crippen molar-refractivity contribution in [3.8, 4) is 0 Å². The molecule has 0 spiro atoms. The quantitative estimate of drug-likeness (QED) is 0.666. The van der Waals surface area contributed by atoms with Crippen LogP contribution in [0.1, 0.15) is 41.0 Å². The second-order valence-corrected chi connectivity index (χ2v) is 6.20. The fourth-order valence-electron chi connectivity index (χ4n) is 2.54. The third-order valence-electron chi connectivity index (χ3n) is 4.21. The summed E-state index contributed by atoms with van der Waals surface area (Å²) in [4.78, 5) is 0. The van der Waals surface area contributed by atoms with Gasteiger partial charge in [-0.25, -0.2) is 0 Å². The molecule has 2 saturated carbocycles. The molecular weight excluding hydrogens is 146 g/mol. The minimum absolute atomic E-state index is 0.286. The van der Waals surface area contributed by atoms with Crippen molar-refractivity contribution in [3.05, 3.63) is 0 Å². The fourth-order valence-corrected chi connectivity index (χ4v) is 2.54. The zero-order valence-corrected chi connectivity index (χ0v) is 8.99. The molecule has 0 amide bonds. The Hall–Kier alpha value is -0.0400. The van der Waals surface area contributed by atoms with Gasteiger partial charge in [0.2, 0.25) is 0 Å². The average molecular weight is 167 g/mol. The van der Waals surface area contributed by atoms with Crippen molar-refractivity contribution in [1.82, 2.24) is 5.32 Å². The Kier molecular flexibility index (Phi) is 1.35. The lowest BCUT2D eigenvalue weighted by molar-refractivity contribution is 0.282. The lowest BCUT2D eigenvalue weighted by Gasteiger charge is -2.28. The maximum absolute atomic E-state index is 3.61. The number of fused-ring (bicyclic) bond motifs is 1. The summed E-state index contributed by atoms with van der Waals surface area (Å²) in [5.41, 5.74) is 1.65. The van der Waals surface area contributed by atoms with E-state index in [4.69, 9.17) is 0 Å². The standard InChI is InChI=1S/C11H21N/c1-9(2,3)12-7-11(5)8-6-10(8,11)4/h8,12H,6-7H2,1-5H3. The van der Waals surface area contributed by atoms with Crippen molar-refractivity contribution in [2.24, 2.45) is 16.7 Å². The average Bonchev–Trinajstić information content (AvgIpc) is 2.69. The third-order valence-corrected chi connectivity index (χ3v) is 4.21. The Balaban J connectivity index is 1.83. The van der Waals surface area contributed by atoms with E-state index in [-0.39, 0.29) is 5.54 Å². The topological polar surface area (TPSA) is 12.0 Å². The first-order valence-corrected chi connectivity index (χ1v) is 5.05. The van der Waals surface area contributed by atoms with E-state index in [9.17, 15) is 0 Å². The summed E-state index contributed by atoms with van der Waals surface area (Å²) in [7, 11) is 0. The van der Waals surface area contributed by atoms with Crippen LogP contribution >= 0.6 is 0 Å². The second kappa shape index (κ2) is 1.89. The van der Waals surface area contributed by atoms with Crippen LogP contribution in [0.3, 0.4) is 0 Å². The van der Waals surface area contributed by atoms with Gasteiger partial charge in [0.15, 0.2) is 0 Å². The fraction of sp³-hybridized carbons (Fsp3) is 1.00. The molecule has 12 heavy (non-hydrogen) atoms. The normalized spacial score (nSPS) is 50.2. The van der Waals surface area contributed by atoms with E-state index in [0.717, 1.165) is 11.3 Å². The molecule has 2 aliphatic rings. The third kappa shape index (κ3) is 0.953. The van der Waals surface area contributed by atoms with E-state index in [1.165, 1.54) is 13.0 Å². The monoisotopic (exact) mass is 167 g/mol. The van der Waals surface area contributed by atoms with E-state index in [0.29, 0.717) is 5.41 Å². The van der Waals surface area contributed by atoms with Crippen molar-refractivity contribution in [2.75, 3.05) is 6.54 Å². The van der Waals surface area contributed by atoms with E-state index in [2.05, 4.69) is 39.9 Å².